The number of carbonyl (C=O) groups excluding carboxylic acids is 3. The maximum atomic E-state index is 12.8. The Kier molecular flexibility index (Phi) is 9.08. The fourth-order valence-electron chi connectivity index (χ4n) is 3.75. The predicted octanol–water partition coefficient (Wildman–Crippen LogP) is 4.75. The highest BCUT2D eigenvalue weighted by atomic mass is 16.6. The maximum absolute atomic E-state index is 12.8. The van der Waals surface area contributed by atoms with Gasteiger partial charge in [0.05, 0.1) is 11.9 Å². The second-order valence-electron chi connectivity index (χ2n) is 10.5. The molecule has 0 saturated carbocycles. The van der Waals surface area contributed by atoms with Crippen molar-refractivity contribution >= 4 is 17.8 Å². The molecule has 1 aromatic carbocycles. The van der Waals surface area contributed by atoms with Crippen LogP contribution in [0.25, 0.3) is 22.7 Å². The number of amides is 2. The van der Waals surface area contributed by atoms with Crippen molar-refractivity contribution in [1.82, 2.24) is 25.8 Å². The summed E-state index contributed by atoms with van der Waals surface area (Å²) in [6.07, 6.45) is 3.01. The van der Waals surface area contributed by atoms with Crippen molar-refractivity contribution in [3.05, 3.63) is 48.0 Å². The first-order chi connectivity index (χ1) is 17.9. The summed E-state index contributed by atoms with van der Waals surface area (Å²) >= 11 is 0. The van der Waals surface area contributed by atoms with Crippen LogP contribution in [0, 0.1) is 5.92 Å². The Morgan fingerprint density at radius 1 is 1.03 bits per heavy atom. The molecule has 0 aliphatic heterocycles. The standard InChI is InChI=1S/C28H37N5O5/c1-8-19(9-2)30-24(34)21-14-20(32-33-21)17-11-10-12-18(13-17)26-29-15-22(37-26)25(35)31-23(16(3)4)27(36)38-28(5,6)7/h10-16,19,23H,8-9H2,1-7H3,(H,30,34)(H,31,35)(H,32,33)/t23-/m0/s1. The summed E-state index contributed by atoms with van der Waals surface area (Å²) in [6.45, 7) is 13.0. The highest BCUT2D eigenvalue weighted by molar-refractivity contribution is 5.95. The summed E-state index contributed by atoms with van der Waals surface area (Å²) in [4.78, 5) is 42.2. The summed E-state index contributed by atoms with van der Waals surface area (Å²) in [5, 5.41) is 12.7. The van der Waals surface area contributed by atoms with Crippen molar-refractivity contribution < 1.29 is 23.5 Å². The number of nitrogens with one attached hydrogen (secondary N) is 3. The third-order valence-corrected chi connectivity index (χ3v) is 5.90. The summed E-state index contributed by atoms with van der Waals surface area (Å²) in [5.41, 5.74) is 1.68. The van der Waals surface area contributed by atoms with E-state index in [-0.39, 0.29) is 29.5 Å². The van der Waals surface area contributed by atoms with E-state index in [1.54, 1.807) is 32.9 Å². The molecule has 0 unspecified atom stereocenters. The van der Waals surface area contributed by atoms with E-state index in [1.165, 1.54) is 6.20 Å². The monoisotopic (exact) mass is 523 g/mol. The number of esters is 1. The van der Waals surface area contributed by atoms with Crippen molar-refractivity contribution in [2.45, 2.75) is 79.0 Å². The number of ether oxygens (including phenoxy) is 1. The van der Waals surface area contributed by atoms with Crippen LogP contribution < -0.4 is 10.6 Å². The fourth-order valence-corrected chi connectivity index (χ4v) is 3.75. The van der Waals surface area contributed by atoms with Crippen LogP contribution >= 0.6 is 0 Å². The van der Waals surface area contributed by atoms with Gasteiger partial charge in [0, 0.05) is 17.2 Å². The van der Waals surface area contributed by atoms with E-state index in [1.807, 2.05) is 45.9 Å². The van der Waals surface area contributed by atoms with E-state index in [4.69, 9.17) is 9.15 Å². The van der Waals surface area contributed by atoms with Gasteiger partial charge in [-0.15, -0.1) is 0 Å². The Bertz CT molecular complexity index is 1270. The molecular formula is C28H37N5O5. The normalized spacial score (nSPS) is 12.4. The van der Waals surface area contributed by atoms with Gasteiger partial charge in [-0.3, -0.25) is 14.7 Å². The fraction of sp³-hybridized carbons (Fsp3) is 0.464. The van der Waals surface area contributed by atoms with Crippen molar-refractivity contribution in [2.75, 3.05) is 0 Å². The lowest BCUT2D eigenvalue weighted by Crippen LogP contribution is -2.47. The van der Waals surface area contributed by atoms with E-state index in [0.29, 0.717) is 17.0 Å². The van der Waals surface area contributed by atoms with E-state index in [2.05, 4.69) is 25.8 Å². The summed E-state index contributed by atoms with van der Waals surface area (Å²) < 4.78 is 11.2. The lowest BCUT2D eigenvalue weighted by molar-refractivity contribution is -0.158. The molecule has 0 fully saturated rings. The van der Waals surface area contributed by atoms with Gasteiger partial charge < -0.3 is 19.8 Å². The number of aromatic amines is 1. The number of H-pyrrole nitrogens is 1. The van der Waals surface area contributed by atoms with Crippen LogP contribution in [0.15, 0.2) is 40.9 Å². The Balaban J connectivity index is 1.74. The molecule has 3 aromatic rings. The van der Waals surface area contributed by atoms with Crippen molar-refractivity contribution in [2.24, 2.45) is 5.92 Å². The minimum absolute atomic E-state index is 0.0264. The number of oxazole rings is 1. The Labute approximate surface area is 222 Å². The molecule has 2 aromatic heterocycles. The number of hydrogen-bond donors (Lipinski definition) is 3. The Morgan fingerprint density at radius 2 is 1.71 bits per heavy atom. The van der Waals surface area contributed by atoms with Gasteiger partial charge in [-0.2, -0.15) is 5.10 Å². The molecule has 0 spiro atoms. The number of aromatic nitrogens is 3. The molecule has 0 aliphatic rings. The first-order valence-electron chi connectivity index (χ1n) is 12.9. The smallest absolute Gasteiger partial charge is 0.329 e. The lowest BCUT2D eigenvalue weighted by atomic mass is 10.0. The maximum Gasteiger partial charge on any atom is 0.329 e. The first kappa shape index (κ1) is 28.6. The van der Waals surface area contributed by atoms with Gasteiger partial charge in [-0.05, 0) is 57.7 Å². The molecule has 0 aliphatic carbocycles. The molecule has 1 atom stereocenters. The zero-order chi connectivity index (χ0) is 28.0. The van der Waals surface area contributed by atoms with Crippen LogP contribution in [-0.2, 0) is 9.53 Å². The predicted molar refractivity (Wildman–Crippen MR) is 143 cm³/mol. The molecule has 38 heavy (non-hydrogen) atoms. The second kappa shape index (κ2) is 12.1. The van der Waals surface area contributed by atoms with E-state index < -0.39 is 23.5 Å². The SMILES string of the molecule is CCC(CC)NC(=O)c1cc(-c2cccc(-c3ncc(C(=O)N[C@H](C(=O)OC(C)(C)C)C(C)C)o3)c2)[nH]n1. The number of carbonyl (C=O) groups is 3. The molecule has 3 N–H and O–H groups in total. The molecule has 10 heteroatoms. The third kappa shape index (κ3) is 7.30. The Hall–Kier alpha value is -3.95. The summed E-state index contributed by atoms with van der Waals surface area (Å²) in [7, 11) is 0. The first-order valence-corrected chi connectivity index (χ1v) is 12.9. The molecule has 0 radical (unpaired) electrons. The molecule has 3 rings (SSSR count). The average molecular weight is 524 g/mol. The zero-order valence-electron chi connectivity index (χ0n) is 23.0. The van der Waals surface area contributed by atoms with E-state index in [9.17, 15) is 14.4 Å². The number of benzene rings is 1. The van der Waals surface area contributed by atoms with Gasteiger partial charge in [0.15, 0.2) is 5.69 Å². The molecule has 0 saturated heterocycles. The molecular weight excluding hydrogens is 486 g/mol. The topological polar surface area (TPSA) is 139 Å². The lowest BCUT2D eigenvalue weighted by Gasteiger charge is -2.26. The van der Waals surface area contributed by atoms with E-state index >= 15 is 0 Å². The van der Waals surface area contributed by atoms with Crippen LogP contribution in [0.5, 0.6) is 0 Å². The van der Waals surface area contributed by atoms with Crippen LogP contribution in [0.3, 0.4) is 0 Å². The minimum Gasteiger partial charge on any atom is -0.458 e. The van der Waals surface area contributed by atoms with Gasteiger partial charge in [0.25, 0.3) is 11.8 Å². The van der Waals surface area contributed by atoms with Crippen LogP contribution in [-0.4, -0.2) is 50.6 Å². The highest BCUT2D eigenvalue weighted by Crippen LogP contribution is 2.26. The third-order valence-electron chi connectivity index (χ3n) is 5.90. The van der Waals surface area contributed by atoms with Crippen LogP contribution in [0.4, 0.5) is 0 Å². The van der Waals surface area contributed by atoms with Crippen molar-refractivity contribution in [1.29, 1.82) is 0 Å². The van der Waals surface area contributed by atoms with Gasteiger partial charge in [-0.25, -0.2) is 9.78 Å². The summed E-state index contributed by atoms with van der Waals surface area (Å²) in [6, 6.07) is 8.25. The zero-order valence-corrected chi connectivity index (χ0v) is 23.0. The van der Waals surface area contributed by atoms with Crippen LogP contribution in [0.2, 0.25) is 0 Å². The van der Waals surface area contributed by atoms with Gasteiger partial charge in [-0.1, -0.05) is 39.8 Å². The quantitative estimate of drug-likeness (QED) is 0.326. The number of hydrogen-bond acceptors (Lipinski definition) is 7. The van der Waals surface area contributed by atoms with Crippen LogP contribution in [0.1, 0.15) is 82.4 Å². The Morgan fingerprint density at radius 3 is 2.34 bits per heavy atom. The van der Waals surface area contributed by atoms with Crippen molar-refractivity contribution in [3.8, 4) is 22.7 Å². The average Bonchev–Trinajstić information content (AvgIpc) is 3.55. The molecule has 10 nitrogen and oxygen atoms in total. The van der Waals surface area contributed by atoms with Gasteiger partial charge in [0.1, 0.15) is 11.6 Å². The molecule has 2 amide bonds. The largest absolute Gasteiger partial charge is 0.458 e. The minimum atomic E-state index is -0.838. The summed E-state index contributed by atoms with van der Waals surface area (Å²) in [5.74, 6) is -1.29. The highest BCUT2D eigenvalue weighted by Gasteiger charge is 2.30. The number of nitrogens with zero attached hydrogens (tertiary/aromatic N) is 2. The second-order valence-corrected chi connectivity index (χ2v) is 10.5. The van der Waals surface area contributed by atoms with Crippen molar-refractivity contribution in [3.63, 3.8) is 0 Å². The molecule has 0 bridgehead atoms. The van der Waals surface area contributed by atoms with E-state index in [0.717, 1.165) is 18.4 Å². The van der Waals surface area contributed by atoms with Gasteiger partial charge in [0.2, 0.25) is 11.7 Å². The molecule has 204 valence electrons. The molecule has 2 heterocycles. The van der Waals surface area contributed by atoms with Gasteiger partial charge >= 0.3 is 5.97 Å². The number of rotatable bonds is 10.